The van der Waals surface area contributed by atoms with Gasteiger partial charge in [-0.25, -0.2) is 0 Å². The number of esters is 1. The normalized spacial score (nSPS) is 15.1. The first-order valence-corrected chi connectivity index (χ1v) is 22.9. The Morgan fingerprint density at radius 3 is 1.43 bits per heavy atom. The molecule has 5 nitrogen and oxygen atoms in total. The van der Waals surface area contributed by atoms with Crippen LogP contribution in [0.4, 0.5) is 0 Å². The van der Waals surface area contributed by atoms with Gasteiger partial charge in [-0.3, -0.25) is 4.79 Å². The van der Waals surface area contributed by atoms with Crippen molar-refractivity contribution in [3.8, 4) is 0 Å². The van der Waals surface area contributed by atoms with Crippen molar-refractivity contribution in [3.63, 3.8) is 0 Å². The lowest BCUT2D eigenvalue weighted by atomic mass is 9.78. The van der Waals surface area contributed by atoms with Crippen molar-refractivity contribution in [2.24, 2.45) is 10.8 Å². The summed E-state index contributed by atoms with van der Waals surface area (Å²) < 4.78 is 27.4. The fraction of sp³-hybridized carbons (Fsp3) is 0.962. The molecule has 0 N–H and O–H groups in total. The first kappa shape index (κ1) is 35.2. The molecule has 0 spiro atoms. The maximum absolute atomic E-state index is 13.7. The lowest BCUT2D eigenvalue weighted by Crippen LogP contribution is -2.61. The van der Waals surface area contributed by atoms with E-state index in [0.29, 0.717) is 0 Å². The van der Waals surface area contributed by atoms with Crippen LogP contribution in [0.1, 0.15) is 96.4 Å². The largest absolute Gasteiger partial charge is 0.480 e. The number of hydrogen-bond acceptors (Lipinski definition) is 5. The molecule has 0 saturated heterocycles. The minimum Gasteiger partial charge on any atom is -0.462 e. The van der Waals surface area contributed by atoms with Gasteiger partial charge in [0.05, 0.1) is 0 Å². The van der Waals surface area contributed by atoms with E-state index in [1.54, 1.807) is 0 Å². The summed E-state index contributed by atoms with van der Waals surface area (Å²) in [4.78, 5) is 13.7. The second-order valence-electron chi connectivity index (χ2n) is 12.5. The maximum atomic E-state index is 13.7. The van der Waals surface area contributed by atoms with Crippen LogP contribution in [0, 0.1) is 10.8 Å². The smallest absolute Gasteiger partial charge is 0.462 e. The molecule has 0 aromatic carbocycles. The zero-order valence-electron chi connectivity index (χ0n) is 25.7. The molecule has 0 aliphatic heterocycles. The number of ether oxygens (including phenoxy) is 1. The first-order valence-electron chi connectivity index (χ1n) is 14.3. The molecule has 0 aromatic heterocycles. The third-order valence-electron chi connectivity index (χ3n) is 7.53. The molecule has 0 fully saturated rings. The van der Waals surface area contributed by atoms with Crippen LogP contribution in [-0.2, 0) is 21.9 Å². The van der Waals surface area contributed by atoms with Gasteiger partial charge in [-0.05, 0) is 59.6 Å². The summed E-state index contributed by atoms with van der Waals surface area (Å²) in [6, 6.07) is 7.23. The van der Waals surface area contributed by atoms with Gasteiger partial charge < -0.3 is 17.1 Å². The third kappa shape index (κ3) is 11.6. The number of hydrogen-bond donors (Lipinski definition) is 0. The highest BCUT2D eigenvalue weighted by Crippen LogP contribution is 2.37. The minimum absolute atomic E-state index is 0.0643. The Bertz CT molecular complexity index is 569. The van der Waals surface area contributed by atoms with Crippen molar-refractivity contribution in [3.05, 3.63) is 0 Å². The topological polar surface area (TPSA) is 54.0 Å². The molecule has 0 radical (unpaired) electrons. The molecule has 0 amide bonds. The van der Waals surface area contributed by atoms with Crippen molar-refractivity contribution in [1.29, 1.82) is 0 Å². The molecular formula is C26H60O5Si4. The van der Waals surface area contributed by atoms with Gasteiger partial charge in [0.2, 0.25) is 0 Å². The summed E-state index contributed by atoms with van der Waals surface area (Å²) in [5.41, 5.74) is -0.0772. The fourth-order valence-corrected chi connectivity index (χ4v) is 21.8. The van der Waals surface area contributed by atoms with E-state index in [9.17, 15) is 4.79 Å². The van der Waals surface area contributed by atoms with Crippen LogP contribution in [0.5, 0.6) is 0 Å². The van der Waals surface area contributed by atoms with Crippen LogP contribution in [0.3, 0.4) is 0 Å². The van der Waals surface area contributed by atoms with Crippen molar-refractivity contribution < 1.29 is 21.9 Å². The summed E-state index contributed by atoms with van der Waals surface area (Å²) in [5.74, 6) is -0.205. The molecule has 0 aliphatic carbocycles. The van der Waals surface area contributed by atoms with Gasteiger partial charge in [-0.2, -0.15) is 0 Å². The van der Waals surface area contributed by atoms with Crippen molar-refractivity contribution in [1.82, 2.24) is 0 Å². The molecule has 9 heteroatoms. The molecule has 0 aromatic rings. The molecule has 0 heterocycles. The van der Waals surface area contributed by atoms with E-state index in [1.165, 1.54) is 0 Å². The number of rotatable bonds is 17. The highest BCUT2D eigenvalue weighted by molar-refractivity contribution is 6.89. The van der Waals surface area contributed by atoms with Crippen LogP contribution >= 0.6 is 0 Å². The van der Waals surface area contributed by atoms with Crippen LogP contribution in [0.25, 0.3) is 0 Å². The second kappa shape index (κ2) is 15.0. The van der Waals surface area contributed by atoms with Crippen LogP contribution < -0.4 is 0 Å². The van der Waals surface area contributed by atoms with Crippen molar-refractivity contribution >= 4 is 41.2 Å². The van der Waals surface area contributed by atoms with E-state index in [0.717, 1.165) is 48.7 Å². The van der Waals surface area contributed by atoms with Gasteiger partial charge in [0.25, 0.3) is 0 Å². The summed E-state index contributed by atoms with van der Waals surface area (Å²) >= 11 is 0. The SMILES string of the molecule is CC[SiH2]O[Si](CC(=O)OC(CC(C)(C)C)C(C)(C)C)(O[Si](CC)(CC)CC)O[Si](CC)(CC)CC. The highest BCUT2D eigenvalue weighted by Gasteiger charge is 2.54. The second-order valence-corrected chi connectivity index (χ2v) is 27.4. The van der Waals surface area contributed by atoms with Gasteiger partial charge in [0, 0.05) is 0 Å². The Balaban J connectivity index is 6.44. The standard InChI is InChI=1S/C26H60O5Si4/c1-14-32-29-35(30-33(15-2,16-3)17-4,31-34(18-5,19-6)20-7)22-24(27)28-23(26(11,12)13)21-25(8,9)10/h23H,14-22,32H2,1-13H3. The quantitative estimate of drug-likeness (QED) is 0.133. The summed E-state index contributed by atoms with van der Waals surface area (Å²) in [6.07, 6.45) is 0.652. The molecule has 1 atom stereocenters. The summed E-state index contributed by atoms with van der Waals surface area (Å²) in [7, 11) is -8.24. The zero-order chi connectivity index (χ0) is 27.6. The van der Waals surface area contributed by atoms with E-state index in [-0.39, 0.29) is 28.9 Å². The van der Waals surface area contributed by atoms with E-state index < -0.39 is 35.2 Å². The molecule has 0 aliphatic rings. The predicted molar refractivity (Wildman–Crippen MR) is 161 cm³/mol. The van der Waals surface area contributed by atoms with Gasteiger partial charge in [-0.15, -0.1) is 0 Å². The van der Waals surface area contributed by atoms with E-state index >= 15 is 0 Å². The van der Waals surface area contributed by atoms with Crippen LogP contribution in [0.2, 0.25) is 48.4 Å². The Morgan fingerprint density at radius 1 is 0.743 bits per heavy atom. The van der Waals surface area contributed by atoms with Crippen LogP contribution in [0.15, 0.2) is 0 Å². The van der Waals surface area contributed by atoms with E-state index in [2.05, 4.69) is 90.0 Å². The van der Waals surface area contributed by atoms with Gasteiger partial charge in [0.1, 0.15) is 12.1 Å². The van der Waals surface area contributed by atoms with Crippen molar-refractivity contribution in [2.75, 3.05) is 0 Å². The number of carbonyl (C=O) groups excluding carboxylic acids is 1. The fourth-order valence-electron chi connectivity index (χ4n) is 4.51. The van der Waals surface area contributed by atoms with Gasteiger partial charge >= 0.3 is 14.8 Å². The monoisotopic (exact) mass is 564 g/mol. The Kier molecular flexibility index (Phi) is 15.1. The molecule has 35 heavy (non-hydrogen) atoms. The lowest BCUT2D eigenvalue weighted by molar-refractivity contribution is -0.154. The lowest BCUT2D eigenvalue weighted by Gasteiger charge is -2.44. The maximum Gasteiger partial charge on any atom is 0.480 e. The number of carbonyl (C=O) groups is 1. The Morgan fingerprint density at radius 2 is 1.14 bits per heavy atom. The third-order valence-corrected chi connectivity index (χ3v) is 24.9. The van der Waals surface area contributed by atoms with Crippen LogP contribution in [-0.4, -0.2) is 47.3 Å². The molecule has 0 saturated carbocycles. The highest BCUT2D eigenvalue weighted by atomic mass is 28.5. The minimum atomic E-state index is -3.25. The average Bonchev–Trinajstić information content (AvgIpc) is 2.78. The Labute approximate surface area is 224 Å². The molecule has 1 unspecified atom stereocenters. The van der Waals surface area contributed by atoms with E-state index in [1.807, 2.05) is 0 Å². The predicted octanol–water partition coefficient (Wildman–Crippen LogP) is 7.90. The molecule has 0 rings (SSSR count). The van der Waals surface area contributed by atoms with Crippen molar-refractivity contribution in [2.45, 2.75) is 151 Å². The average molecular weight is 565 g/mol. The Hall–Kier alpha value is 0.218. The van der Waals surface area contributed by atoms with Gasteiger partial charge in [-0.1, -0.05) is 90.0 Å². The summed E-state index contributed by atoms with van der Waals surface area (Å²) in [6.45, 7) is 28.6. The molecule has 210 valence electrons. The van der Waals surface area contributed by atoms with E-state index in [4.69, 9.17) is 17.1 Å². The first-order chi connectivity index (χ1) is 16.0. The zero-order valence-corrected chi connectivity index (χ0v) is 30.1. The van der Waals surface area contributed by atoms with Gasteiger partial charge in [0.15, 0.2) is 26.4 Å². The molecule has 0 bridgehead atoms. The summed E-state index contributed by atoms with van der Waals surface area (Å²) in [5, 5.41) is 0. The molecular weight excluding hydrogens is 505 g/mol.